The summed E-state index contributed by atoms with van der Waals surface area (Å²) in [4.78, 5) is 11.9. The van der Waals surface area contributed by atoms with E-state index < -0.39 is 0 Å². The lowest BCUT2D eigenvalue weighted by molar-refractivity contribution is 1.27. The maximum absolute atomic E-state index is 2.40. The molecule has 0 spiro atoms. The third kappa shape index (κ3) is 18.8. The molecule has 0 atom stereocenters. The van der Waals surface area contributed by atoms with E-state index in [2.05, 4.69) is 605 Å². The molecule has 0 aliphatic rings. The Balaban J connectivity index is 0.000000104. The summed E-state index contributed by atoms with van der Waals surface area (Å²) in [6.45, 7) is 10.8. The van der Waals surface area contributed by atoms with E-state index in [9.17, 15) is 0 Å². The largest absolute Gasteiger partial charge is 0.310 e. The molecule has 670 valence electrons. The minimum Gasteiger partial charge on any atom is -0.310 e. The van der Waals surface area contributed by atoms with Crippen LogP contribution in [0.1, 0.15) is 27.8 Å². The van der Waals surface area contributed by atoms with E-state index in [0.717, 1.165) is 5.69 Å². The molecule has 0 N–H and O–H groups in total. The quantitative estimate of drug-likeness (QED) is 0.101. The molecule has 0 aliphatic carbocycles. The summed E-state index contributed by atoms with van der Waals surface area (Å²) < 4.78 is 0. The SMILES string of the molecule is Cc1ccc(N(c2ccc3ccccc3c2)c2cccc3ccccc23)cc1.Cc1cccc(N(c2ccc3ccccc3c2)c2cccc3ccccc23)c1.Cc1cccc(N(c2cccc3ccccc23)c2cccc3ccccc23)c1.Cc1ccccc1N(c1ccc2ccccc2c1)c1cccc2ccccc12.Cc1ccccc1N(c1cccc2ccccc12)c1cccc2ccccc12. The second-order valence-electron chi connectivity index (χ2n) is 35.8. The second kappa shape index (κ2) is 40.7. The maximum Gasteiger partial charge on any atom is 0.0540 e. The number of hydrogen-bond donors (Lipinski definition) is 0. The highest BCUT2D eigenvalue weighted by Crippen LogP contribution is 2.49. The van der Waals surface area contributed by atoms with Gasteiger partial charge < -0.3 is 24.5 Å². The molecule has 5 nitrogen and oxygen atoms in total. The molecule has 25 aromatic carbocycles. The van der Waals surface area contributed by atoms with Crippen LogP contribution < -0.4 is 24.5 Å². The molecule has 0 radical (unpaired) electrons. The summed E-state index contributed by atoms with van der Waals surface area (Å²) in [5.41, 5.74) is 24.1. The summed E-state index contributed by atoms with van der Waals surface area (Å²) in [7, 11) is 0. The van der Waals surface area contributed by atoms with Crippen LogP contribution in [-0.2, 0) is 0 Å². The molecule has 0 aliphatic heterocycles. The van der Waals surface area contributed by atoms with Gasteiger partial charge in [-0.2, -0.15) is 0 Å². The van der Waals surface area contributed by atoms with Crippen molar-refractivity contribution in [3.8, 4) is 0 Å². The van der Waals surface area contributed by atoms with Crippen molar-refractivity contribution in [1.82, 2.24) is 0 Å². The van der Waals surface area contributed by atoms with Crippen LogP contribution in [0.5, 0.6) is 0 Å². The van der Waals surface area contributed by atoms with Crippen molar-refractivity contribution >= 4 is 193 Å². The molecule has 0 unspecified atom stereocenters. The van der Waals surface area contributed by atoms with Gasteiger partial charge in [0.05, 0.1) is 39.8 Å². The Bertz CT molecular complexity index is 8570. The van der Waals surface area contributed by atoms with Crippen molar-refractivity contribution in [2.24, 2.45) is 0 Å². The van der Waals surface area contributed by atoms with Gasteiger partial charge in [-0.1, -0.05) is 424 Å². The Morgan fingerprint density at radius 2 is 0.300 bits per heavy atom. The van der Waals surface area contributed by atoms with Crippen LogP contribution in [0.2, 0.25) is 0 Å². The Morgan fingerprint density at radius 1 is 0.107 bits per heavy atom. The van der Waals surface area contributed by atoms with Gasteiger partial charge in [-0.25, -0.2) is 0 Å². The average Bonchev–Trinajstić information content (AvgIpc) is 0.776. The third-order valence-corrected chi connectivity index (χ3v) is 26.6. The highest BCUT2D eigenvalue weighted by molar-refractivity contribution is 6.09. The van der Waals surface area contributed by atoms with E-state index in [1.165, 1.54) is 215 Å². The van der Waals surface area contributed by atoms with Crippen molar-refractivity contribution in [1.29, 1.82) is 0 Å². The molecule has 0 saturated carbocycles. The first-order valence-electron chi connectivity index (χ1n) is 48.2. The van der Waals surface area contributed by atoms with Crippen LogP contribution >= 0.6 is 0 Å². The first-order valence-corrected chi connectivity index (χ1v) is 48.2. The topological polar surface area (TPSA) is 16.2 Å². The number of fused-ring (bicyclic) bond motifs is 10. The molecule has 5 heteroatoms. The van der Waals surface area contributed by atoms with Gasteiger partial charge in [-0.3, -0.25) is 0 Å². The summed E-state index contributed by atoms with van der Waals surface area (Å²) in [6, 6.07) is 195. The first kappa shape index (κ1) is 88.7. The predicted molar refractivity (Wildman–Crippen MR) is 604 cm³/mol. The smallest absolute Gasteiger partial charge is 0.0540 e. The Hall–Kier alpha value is -17.9. The summed E-state index contributed by atoms with van der Waals surface area (Å²) in [5.74, 6) is 0. The lowest BCUT2D eigenvalue weighted by Gasteiger charge is -2.29. The zero-order valence-corrected chi connectivity index (χ0v) is 79.2. The third-order valence-electron chi connectivity index (χ3n) is 26.6. The van der Waals surface area contributed by atoms with Crippen LogP contribution in [-0.4, -0.2) is 0 Å². The number of benzene rings is 25. The van der Waals surface area contributed by atoms with E-state index >= 15 is 0 Å². The zero-order valence-electron chi connectivity index (χ0n) is 79.2. The summed E-state index contributed by atoms with van der Waals surface area (Å²) in [5, 5.41) is 25.0. The molecule has 0 saturated heterocycles. The normalized spacial score (nSPS) is 11.0. The van der Waals surface area contributed by atoms with Crippen molar-refractivity contribution in [2.75, 3.05) is 24.5 Å². The molecule has 25 rings (SSSR count). The molecule has 0 amide bonds. The van der Waals surface area contributed by atoms with Crippen LogP contribution in [0.15, 0.2) is 546 Å². The molecule has 0 aromatic heterocycles. The monoisotopic (exact) mass is 1800 g/mol. The summed E-state index contributed by atoms with van der Waals surface area (Å²) >= 11 is 0. The molecular weight excluding hydrogens is 1690 g/mol. The van der Waals surface area contributed by atoms with Gasteiger partial charge in [0.15, 0.2) is 0 Å². The van der Waals surface area contributed by atoms with Crippen molar-refractivity contribution in [3.63, 3.8) is 0 Å². The van der Waals surface area contributed by atoms with E-state index in [1.807, 2.05) is 0 Å². The minimum atomic E-state index is 1.16. The fourth-order valence-electron chi connectivity index (χ4n) is 19.7. The Labute approximate surface area is 820 Å². The van der Waals surface area contributed by atoms with E-state index in [0.29, 0.717) is 0 Å². The number of hydrogen-bond acceptors (Lipinski definition) is 5. The van der Waals surface area contributed by atoms with Gasteiger partial charge in [-0.05, 0) is 254 Å². The van der Waals surface area contributed by atoms with Crippen LogP contribution in [0.3, 0.4) is 0 Å². The van der Waals surface area contributed by atoms with E-state index in [-0.39, 0.29) is 0 Å². The van der Waals surface area contributed by atoms with Gasteiger partial charge in [0.25, 0.3) is 0 Å². The lowest BCUT2D eigenvalue weighted by atomic mass is 10.0. The number of anilines is 15. The Morgan fingerprint density at radius 3 is 0.600 bits per heavy atom. The zero-order chi connectivity index (χ0) is 94.6. The maximum atomic E-state index is 2.40. The van der Waals surface area contributed by atoms with Gasteiger partial charge in [0, 0.05) is 83.2 Å². The van der Waals surface area contributed by atoms with Crippen LogP contribution in [0, 0.1) is 34.6 Å². The number of para-hydroxylation sites is 2. The lowest BCUT2D eigenvalue weighted by Crippen LogP contribution is -2.12. The fourth-order valence-corrected chi connectivity index (χ4v) is 19.7. The summed E-state index contributed by atoms with van der Waals surface area (Å²) in [6.07, 6.45) is 0. The van der Waals surface area contributed by atoms with Gasteiger partial charge in [0.2, 0.25) is 0 Å². The number of rotatable bonds is 15. The molecule has 25 aromatic rings. The van der Waals surface area contributed by atoms with Crippen molar-refractivity contribution in [2.45, 2.75) is 34.6 Å². The predicted octanol–water partition coefficient (Wildman–Crippen LogP) is 38.9. The van der Waals surface area contributed by atoms with Crippen molar-refractivity contribution in [3.05, 3.63) is 574 Å². The van der Waals surface area contributed by atoms with Gasteiger partial charge >= 0.3 is 0 Å². The Kier molecular flexibility index (Phi) is 25.8. The number of aryl methyl sites for hydroxylation is 5. The molecule has 0 heterocycles. The number of nitrogens with zero attached hydrogens (tertiary/aromatic N) is 5. The first-order chi connectivity index (χ1) is 69.0. The standard InChI is InChI=1S/5C27H21N/c1-20-10-2-7-17-25(20)28(26-18-8-13-21-11-3-5-15-23(21)26)27-19-9-14-22-12-4-6-16-24(22)27;1-20-9-2-7-15-26(20)28(24-18-17-21-10-3-4-12-23(21)19-24)27-16-8-13-22-11-5-6-14-25(22)27;1-20-9-6-14-23(19-20)28(26-17-7-12-21-10-2-4-15-24(21)26)27-18-8-13-22-11-3-5-16-25(22)27;1-20-8-6-13-24(18-20)28(25-17-16-21-9-2-3-11-23(21)19-25)27-15-7-12-22-10-4-5-14-26(22)27;1-20-13-16-24(17-14-20)28(25-18-15-21-7-2-3-9-23(21)19-25)27-12-6-10-22-8-4-5-11-26(22)27/h5*2-19H,1H3. The molecule has 0 fully saturated rings. The second-order valence-corrected chi connectivity index (χ2v) is 35.8. The van der Waals surface area contributed by atoms with E-state index in [4.69, 9.17) is 0 Å². The highest BCUT2D eigenvalue weighted by Gasteiger charge is 2.24. The molecule has 0 bridgehead atoms. The highest BCUT2D eigenvalue weighted by atomic mass is 15.2. The van der Waals surface area contributed by atoms with E-state index in [1.54, 1.807) is 0 Å². The van der Waals surface area contributed by atoms with Gasteiger partial charge in [0.1, 0.15) is 0 Å². The molecular formula is C135H105N5. The average molecular weight is 1800 g/mol. The minimum absolute atomic E-state index is 1.16. The van der Waals surface area contributed by atoms with Crippen molar-refractivity contribution < 1.29 is 0 Å². The van der Waals surface area contributed by atoms with Crippen LogP contribution in [0.4, 0.5) is 85.3 Å². The van der Waals surface area contributed by atoms with Crippen LogP contribution in [0.25, 0.3) is 108 Å². The van der Waals surface area contributed by atoms with Gasteiger partial charge in [-0.15, -0.1) is 0 Å². The molecule has 140 heavy (non-hydrogen) atoms. The fraction of sp³-hybridized carbons (Fsp3) is 0.0370.